The van der Waals surface area contributed by atoms with E-state index in [1.165, 1.54) is 12.1 Å². The Morgan fingerprint density at radius 2 is 1.87 bits per heavy atom. The number of primary amides is 1. The largest absolute Gasteiger partial charge is 0.471 e. The molecule has 1 aromatic carbocycles. The van der Waals surface area contributed by atoms with Gasteiger partial charge in [-0.2, -0.15) is 4.37 Å². The van der Waals surface area contributed by atoms with Crippen LogP contribution < -0.4 is 26.4 Å². The van der Waals surface area contributed by atoms with Crippen LogP contribution in [0.5, 0.6) is 5.88 Å². The third-order valence-electron chi connectivity index (χ3n) is 4.31. The van der Waals surface area contributed by atoms with Gasteiger partial charge in [0, 0.05) is 18.2 Å². The summed E-state index contributed by atoms with van der Waals surface area (Å²) in [5.74, 6) is -2.97. The van der Waals surface area contributed by atoms with Gasteiger partial charge in [-0.3, -0.25) is 10.1 Å². The molecule has 31 heavy (non-hydrogen) atoms. The minimum absolute atomic E-state index is 0.0274. The van der Waals surface area contributed by atoms with Crippen molar-refractivity contribution in [3.05, 3.63) is 40.5 Å². The Kier molecular flexibility index (Phi) is 9.13. The molecule has 0 aliphatic carbocycles. The molecule has 3 amide bonds. The molecule has 0 aliphatic rings. The lowest BCUT2D eigenvalue weighted by Crippen LogP contribution is -2.32. The van der Waals surface area contributed by atoms with Crippen LogP contribution in [0.25, 0.3) is 0 Å². The molecule has 0 fully saturated rings. The summed E-state index contributed by atoms with van der Waals surface area (Å²) in [5, 5.41) is 8.52. The number of anilines is 1. The Bertz CT molecular complexity index is 920. The van der Waals surface area contributed by atoms with Crippen LogP contribution in [0.3, 0.4) is 0 Å². The minimum Gasteiger partial charge on any atom is -0.471 e. The summed E-state index contributed by atoms with van der Waals surface area (Å²) in [7, 11) is 0. The van der Waals surface area contributed by atoms with Crippen LogP contribution in [-0.4, -0.2) is 35.4 Å². The van der Waals surface area contributed by atoms with E-state index in [-0.39, 0.29) is 34.2 Å². The molecule has 0 aliphatic heterocycles. The van der Waals surface area contributed by atoms with Crippen LogP contribution >= 0.6 is 11.5 Å². The summed E-state index contributed by atoms with van der Waals surface area (Å²) in [6.45, 7) is 6.60. The lowest BCUT2D eigenvalue weighted by Gasteiger charge is -2.10. The van der Waals surface area contributed by atoms with E-state index in [0.717, 1.165) is 24.5 Å². The molecule has 1 heterocycles. The molecule has 0 saturated carbocycles. The van der Waals surface area contributed by atoms with Crippen molar-refractivity contribution < 1.29 is 23.1 Å². The summed E-state index contributed by atoms with van der Waals surface area (Å²) in [4.78, 5) is 23.9. The number of ether oxygens (including phenoxy) is 1. The summed E-state index contributed by atoms with van der Waals surface area (Å²) in [6.07, 6.45) is 1.08. The maximum atomic E-state index is 14.2. The number of aromatic nitrogens is 1. The predicted octanol–water partition coefficient (Wildman–Crippen LogP) is 3.17. The molecule has 0 unspecified atom stereocenters. The van der Waals surface area contributed by atoms with Gasteiger partial charge in [-0.15, -0.1) is 0 Å². The molecule has 0 spiro atoms. The molecular formula is C20H27F2N5O3S. The van der Waals surface area contributed by atoms with Crippen LogP contribution in [0.15, 0.2) is 12.1 Å². The van der Waals surface area contributed by atoms with Gasteiger partial charge in [0.2, 0.25) is 5.88 Å². The molecule has 0 bridgehead atoms. The van der Waals surface area contributed by atoms with Crippen molar-refractivity contribution in [1.82, 2.24) is 15.0 Å². The molecule has 1 aromatic heterocycles. The second kappa shape index (κ2) is 11.6. The Labute approximate surface area is 183 Å². The van der Waals surface area contributed by atoms with Gasteiger partial charge < -0.3 is 21.1 Å². The molecule has 0 radical (unpaired) electrons. The maximum absolute atomic E-state index is 14.2. The number of rotatable bonds is 11. The van der Waals surface area contributed by atoms with Gasteiger partial charge in [0.25, 0.3) is 5.91 Å². The van der Waals surface area contributed by atoms with E-state index in [9.17, 15) is 18.4 Å². The highest BCUT2D eigenvalue weighted by atomic mass is 32.1. The zero-order valence-electron chi connectivity index (χ0n) is 17.7. The van der Waals surface area contributed by atoms with E-state index in [2.05, 4.69) is 20.3 Å². The number of nitrogens with two attached hydrogens (primary N) is 1. The average Bonchev–Trinajstić information content (AvgIpc) is 3.11. The highest BCUT2D eigenvalue weighted by Crippen LogP contribution is 2.31. The molecular weight excluding hydrogens is 428 g/mol. The SMILES string of the molecule is CCc1ccc(COc2nsc(NC(=O)NCCCNC(C)C)c2C(N)=O)c(F)c1F. The van der Waals surface area contributed by atoms with Crippen LogP contribution in [0, 0.1) is 11.6 Å². The number of benzene rings is 1. The number of aryl methyl sites for hydroxylation is 1. The van der Waals surface area contributed by atoms with Crippen molar-refractivity contribution in [3.8, 4) is 5.88 Å². The highest BCUT2D eigenvalue weighted by Gasteiger charge is 2.22. The van der Waals surface area contributed by atoms with Crippen molar-refractivity contribution in [3.63, 3.8) is 0 Å². The van der Waals surface area contributed by atoms with E-state index < -0.39 is 23.6 Å². The third-order valence-corrected chi connectivity index (χ3v) is 5.06. The second-order valence-electron chi connectivity index (χ2n) is 7.05. The number of carbonyl (C=O) groups is 2. The lowest BCUT2D eigenvalue weighted by molar-refractivity contribution is 0.0996. The van der Waals surface area contributed by atoms with Gasteiger partial charge in [-0.05, 0) is 36.5 Å². The molecule has 2 aromatic rings. The lowest BCUT2D eigenvalue weighted by atomic mass is 10.1. The number of urea groups is 1. The number of hydrogen-bond donors (Lipinski definition) is 4. The van der Waals surface area contributed by atoms with Crippen LogP contribution in [0.1, 0.15) is 48.7 Å². The van der Waals surface area contributed by atoms with Gasteiger partial charge in [0.05, 0.1) is 0 Å². The standard InChI is InChI=1S/C20H27F2N5O3S/c1-4-12-6-7-13(16(22)15(12)21)10-30-18-14(17(23)28)19(31-27-18)26-20(29)25-9-5-8-24-11(2)3/h6-7,11,24H,4-5,8-10H2,1-3H3,(H2,23,28)(H2,25,26,29). The Morgan fingerprint density at radius 3 is 2.52 bits per heavy atom. The number of nitrogens with zero attached hydrogens (tertiary/aromatic N) is 1. The highest BCUT2D eigenvalue weighted by molar-refractivity contribution is 7.11. The quantitative estimate of drug-likeness (QED) is 0.388. The van der Waals surface area contributed by atoms with Crippen molar-refractivity contribution in [2.75, 3.05) is 18.4 Å². The van der Waals surface area contributed by atoms with Gasteiger partial charge in [0.15, 0.2) is 11.6 Å². The molecule has 2 rings (SSSR count). The first kappa shape index (κ1) is 24.5. The normalized spacial score (nSPS) is 10.9. The van der Waals surface area contributed by atoms with E-state index in [0.29, 0.717) is 19.0 Å². The van der Waals surface area contributed by atoms with Crippen molar-refractivity contribution in [2.45, 2.75) is 46.3 Å². The van der Waals surface area contributed by atoms with Crippen LogP contribution in [-0.2, 0) is 13.0 Å². The number of nitrogens with one attached hydrogen (secondary N) is 3. The number of halogens is 2. The first-order valence-corrected chi connectivity index (χ1v) is 10.7. The maximum Gasteiger partial charge on any atom is 0.319 e. The van der Waals surface area contributed by atoms with E-state index >= 15 is 0 Å². The van der Waals surface area contributed by atoms with Gasteiger partial charge >= 0.3 is 6.03 Å². The van der Waals surface area contributed by atoms with Gasteiger partial charge in [-0.25, -0.2) is 13.6 Å². The van der Waals surface area contributed by atoms with E-state index in [4.69, 9.17) is 10.5 Å². The van der Waals surface area contributed by atoms with Crippen molar-refractivity contribution >= 4 is 28.5 Å². The Balaban J connectivity index is 2.00. The fourth-order valence-corrected chi connectivity index (χ4v) is 3.40. The molecule has 170 valence electrons. The summed E-state index contributed by atoms with van der Waals surface area (Å²) in [6, 6.07) is 2.72. The fourth-order valence-electron chi connectivity index (χ4n) is 2.67. The molecule has 0 atom stereocenters. The van der Waals surface area contributed by atoms with Gasteiger partial charge in [-0.1, -0.05) is 32.9 Å². The summed E-state index contributed by atoms with van der Waals surface area (Å²) >= 11 is 0.801. The van der Waals surface area contributed by atoms with Crippen LogP contribution in [0.2, 0.25) is 0 Å². The molecule has 11 heteroatoms. The van der Waals surface area contributed by atoms with E-state index in [1.54, 1.807) is 6.92 Å². The molecule has 8 nitrogen and oxygen atoms in total. The third kappa shape index (κ3) is 6.86. The topological polar surface area (TPSA) is 118 Å². The summed E-state index contributed by atoms with van der Waals surface area (Å²) in [5.41, 5.74) is 5.49. The number of carbonyl (C=O) groups excluding carboxylic acids is 2. The molecule has 5 N–H and O–H groups in total. The fraction of sp³-hybridized carbons (Fsp3) is 0.450. The zero-order chi connectivity index (χ0) is 23.0. The number of amides is 3. The predicted molar refractivity (Wildman–Crippen MR) is 115 cm³/mol. The average molecular weight is 456 g/mol. The zero-order valence-corrected chi connectivity index (χ0v) is 18.5. The first-order chi connectivity index (χ1) is 14.7. The second-order valence-corrected chi connectivity index (χ2v) is 7.83. The monoisotopic (exact) mass is 455 g/mol. The van der Waals surface area contributed by atoms with Crippen molar-refractivity contribution in [2.24, 2.45) is 5.73 Å². The van der Waals surface area contributed by atoms with Gasteiger partial charge in [0.1, 0.15) is 17.2 Å². The molecule has 0 saturated heterocycles. The van der Waals surface area contributed by atoms with Crippen molar-refractivity contribution in [1.29, 1.82) is 0 Å². The Hall–Kier alpha value is -2.79. The first-order valence-electron chi connectivity index (χ1n) is 9.90. The summed E-state index contributed by atoms with van der Waals surface area (Å²) < 4.78 is 37.5. The Morgan fingerprint density at radius 1 is 1.19 bits per heavy atom. The van der Waals surface area contributed by atoms with Crippen LogP contribution in [0.4, 0.5) is 18.6 Å². The van der Waals surface area contributed by atoms with E-state index in [1.807, 2.05) is 13.8 Å². The number of hydrogen-bond acceptors (Lipinski definition) is 6. The smallest absolute Gasteiger partial charge is 0.319 e. The minimum atomic E-state index is -1.01.